The van der Waals surface area contributed by atoms with Gasteiger partial charge in [-0.15, -0.1) is 11.3 Å². The fraction of sp³-hybridized carbons (Fsp3) is 0.174. The molecule has 31 heavy (non-hydrogen) atoms. The second-order valence-electron chi connectivity index (χ2n) is 7.19. The number of ether oxygens (including phenoxy) is 1. The van der Waals surface area contributed by atoms with Gasteiger partial charge in [0.25, 0.3) is 5.91 Å². The highest BCUT2D eigenvalue weighted by molar-refractivity contribution is 7.10. The van der Waals surface area contributed by atoms with E-state index in [-0.39, 0.29) is 18.6 Å². The van der Waals surface area contributed by atoms with Gasteiger partial charge in [-0.05, 0) is 48.2 Å². The van der Waals surface area contributed by atoms with E-state index < -0.39 is 5.63 Å². The lowest BCUT2D eigenvalue weighted by molar-refractivity contribution is -0.135. The maximum absolute atomic E-state index is 13.0. The van der Waals surface area contributed by atoms with Crippen molar-refractivity contribution >= 4 is 33.9 Å². The van der Waals surface area contributed by atoms with Crippen LogP contribution in [0, 0.1) is 6.92 Å². The van der Waals surface area contributed by atoms with Crippen LogP contribution in [0.15, 0.2) is 78.9 Å². The van der Waals surface area contributed by atoms with E-state index in [9.17, 15) is 9.59 Å². The number of furan rings is 1. The number of nitrogens with zero attached hydrogens (tertiary/aromatic N) is 2. The van der Waals surface area contributed by atoms with E-state index in [0.717, 1.165) is 21.5 Å². The summed E-state index contributed by atoms with van der Waals surface area (Å²) >= 11 is 1.58. The average molecular weight is 434 g/mol. The molecule has 1 aliphatic rings. The van der Waals surface area contributed by atoms with E-state index in [1.54, 1.807) is 35.8 Å². The summed E-state index contributed by atoms with van der Waals surface area (Å²) in [6, 6.07) is 14.0. The highest BCUT2D eigenvalue weighted by Gasteiger charge is 2.34. The predicted molar refractivity (Wildman–Crippen MR) is 116 cm³/mol. The Balaban J connectivity index is 1.37. The number of rotatable bonds is 5. The Morgan fingerprint density at radius 2 is 2.16 bits per heavy atom. The van der Waals surface area contributed by atoms with Gasteiger partial charge >= 0.3 is 5.63 Å². The van der Waals surface area contributed by atoms with Gasteiger partial charge in [0.15, 0.2) is 6.61 Å². The molecule has 5 rings (SSSR count). The number of thiophene rings is 1. The molecule has 0 saturated heterocycles. The summed E-state index contributed by atoms with van der Waals surface area (Å²) in [6.07, 6.45) is 2.16. The molecule has 7 nitrogen and oxygen atoms in total. The fourth-order valence-electron chi connectivity index (χ4n) is 3.64. The van der Waals surface area contributed by atoms with Crippen molar-refractivity contribution in [3.05, 3.63) is 86.8 Å². The molecule has 0 bridgehead atoms. The van der Waals surface area contributed by atoms with Crippen LogP contribution in [0.1, 0.15) is 28.7 Å². The second kappa shape index (κ2) is 7.88. The summed E-state index contributed by atoms with van der Waals surface area (Å²) in [6.45, 7) is 1.65. The van der Waals surface area contributed by atoms with Gasteiger partial charge in [-0.3, -0.25) is 4.79 Å². The van der Waals surface area contributed by atoms with E-state index in [1.165, 1.54) is 11.1 Å². The van der Waals surface area contributed by atoms with Crippen LogP contribution in [0.25, 0.3) is 11.0 Å². The average Bonchev–Trinajstić information content (AvgIpc) is 3.52. The minimum atomic E-state index is -0.422. The summed E-state index contributed by atoms with van der Waals surface area (Å²) < 4.78 is 16.4. The number of amides is 1. The van der Waals surface area contributed by atoms with Crippen molar-refractivity contribution in [2.24, 2.45) is 5.10 Å². The largest absolute Gasteiger partial charge is 0.484 e. The SMILES string of the molecule is Cc1cc(=O)oc2cc(OCC(=O)N3N=C(c4ccco4)CC3c3cccs3)ccc12. The fourth-order valence-corrected chi connectivity index (χ4v) is 4.45. The summed E-state index contributed by atoms with van der Waals surface area (Å²) in [7, 11) is 0. The number of carbonyl (C=O) groups excluding carboxylic acids is 1. The van der Waals surface area contributed by atoms with Crippen molar-refractivity contribution in [2.45, 2.75) is 19.4 Å². The molecule has 1 aromatic carbocycles. The van der Waals surface area contributed by atoms with Crippen LogP contribution < -0.4 is 10.4 Å². The molecule has 3 aromatic heterocycles. The monoisotopic (exact) mass is 434 g/mol. The van der Waals surface area contributed by atoms with Gasteiger partial charge in [0.1, 0.15) is 22.8 Å². The van der Waals surface area contributed by atoms with Crippen molar-refractivity contribution in [1.82, 2.24) is 5.01 Å². The van der Waals surface area contributed by atoms with Crippen molar-refractivity contribution < 1.29 is 18.4 Å². The molecule has 0 radical (unpaired) electrons. The third kappa shape index (κ3) is 3.77. The Bertz CT molecular complexity index is 1320. The minimum absolute atomic E-state index is 0.196. The first-order valence-electron chi connectivity index (χ1n) is 9.72. The van der Waals surface area contributed by atoms with Gasteiger partial charge in [0, 0.05) is 28.8 Å². The Labute approximate surface area is 181 Å². The summed E-state index contributed by atoms with van der Waals surface area (Å²) in [4.78, 5) is 25.7. The molecular formula is C23H18N2O5S. The molecule has 0 saturated carbocycles. The van der Waals surface area contributed by atoms with E-state index in [0.29, 0.717) is 23.5 Å². The summed E-state index contributed by atoms with van der Waals surface area (Å²) in [5.41, 5.74) is 1.55. The topological polar surface area (TPSA) is 85.2 Å². The molecule has 4 aromatic rings. The normalized spacial score (nSPS) is 16.0. The highest BCUT2D eigenvalue weighted by atomic mass is 32.1. The molecule has 156 valence electrons. The van der Waals surface area contributed by atoms with E-state index in [4.69, 9.17) is 13.6 Å². The van der Waals surface area contributed by atoms with Crippen LogP contribution >= 0.6 is 11.3 Å². The number of hydrazone groups is 1. The van der Waals surface area contributed by atoms with Gasteiger partial charge in [-0.25, -0.2) is 9.80 Å². The van der Waals surface area contributed by atoms with E-state index >= 15 is 0 Å². The molecule has 1 atom stereocenters. The highest BCUT2D eigenvalue weighted by Crippen LogP contribution is 2.35. The van der Waals surface area contributed by atoms with Gasteiger partial charge in [-0.2, -0.15) is 5.10 Å². The number of benzene rings is 1. The molecular weight excluding hydrogens is 416 g/mol. The molecule has 0 aliphatic carbocycles. The summed E-state index contributed by atoms with van der Waals surface area (Å²) in [5.74, 6) is 0.820. The number of carbonyl (C=O) groups is 1. The van der Waals surface area contributed by atoms with Crippen LogP contribution in [0.5, 0.6) is 5.75 Å². The molecule has 4 heterocycles. The predicted octanol–water partition coefficient (Wildman–Crippen LogP) is 4.51. The van der Waals surface area contributed by atoms with Gasteiger partial charge in [-0.1, -0.05) is 6.07 Å². The number of hydrogen-bond acceptors (Lipinski definition) is 7. The molecule has 0 fully saturated rings. The maximum Gasteiger partial charge on any atom is 0.336 e. The van der Waals surface area contributed by atoms with Crippen molar-refractivity contribution in [3.63, 3.8) is 0 Å². The van der Waals surface area contributed by atoms with Gasteiger partial charge in [0.2, 0.25) is 0 Å². The zero-order valence-corrected chi connectivity index (χ0v) is 17.4. The van der Waals surface area contributed by atoms with Crippen LogP contribution in [0.2, 0.25) is 0 Å². The smallest absolute Gasteiger partial charge is 0.336 e. The summed E-state index contributed by atoms with van der Waals surface area (Å²) in [5, 5.41) is 8.79. The van der Waals surface area contributed by atoms with E-state index in [2.05, 4.69) is 5.10 Å². The van der Waals surface area contributed by atoms with Crippen LogP contribution in [-0.2, 0) is 4.79 Å². The van der Waals surface area contributed by atoms with Crippen LogP contribution in [-0.4, -0.2) is 23.2 Å². The lowest BCUT2D eigenvalue weighted by Gasteiger charge is -2.20. The second-order valence-corrected chi connectivity index (χ2v) is 8.17. The van der Waals surface area contributed by atoms with Crippen molar-refractivity contribution in [2.75, 3.05) is 6.61 Å². The molecule has 1 amide bonds. The Morgan fingerprint density at radius 1 is 1.26 bits per heavy atom. The molecule has 1 unspecified atom stereocenters. The van der Waals surface area contributed by atoms with Gasteiger partial charge < -0.3 is 13.6 Å². The zero-order valence-electron chi connectivity index (χ0n) is 16.6. The Kier molecular flexibility index (Phi) is 4.91. The van der Waals surface area contributed by atoms with Crippen LogP contribution in [0.3, 0.4) is 0 Å². The molecule has 0 N–H and O–H groups in total. The third-order valence-corrected chi connectivity index (χ3v) is 6.10. The van der Waals surface area contributed by atoms with Crippen LogP contribution in [0.4, 0.5) is 0 Å². The Morgan fingerprint density at radius 3 is 2.94 bits per heavy atom. The number of fused-ring (bicyclic) bond motifs is 1. The van der Waals surface area contributed by atoms with Crippen molar-refractivity contribution in [1.29, 1.82) is 0 Å². The van der Waals surface area contributed by atoms with Gasteiger partial charge in [0.05, 0.1) is 12.3 Å². The third-order valence-electron chi connectivity index (χ3n) is 5.13. The number of aryl methyl sites for hydroxylation is 1. The van der Waals surface area contributed by atoms with E-state index in [1.807, 2.05) is 36.6 Å². The molecule has 1 aliphatic heterocycles. The zero-order chi connectivity index (χ0) is 21.4. The molecule has 0 spiro atoms. The quantitative estimate of drug-likeness (QED) is 0.432. The maximum atomic E-state index is 13.0. The van der Waals surface area contributed by atoms with Crippen molar-refractivity contribution in [3.8, 4) is 5.75 Å². The lowest BCUT2D eigenvalue weighted by atomic mass is 10.1. The lowest BCUT2D eigenvalue weighted by Crippen LogP contribution is -2.31. The molecule has 8 heteroatoms. The first-order chi connectivity index (χ1) is 15.1. The number of hydrogen-bond donors (Lipinski definition) is 0. The standard InChI is InChI=1S/C23H18N2O5S/c1-14-10-23(27)30-20-11-15(6-7-16(14)20)29-13-22(26)25-18(21-5-3-9-31-21)12-17(24-25)19-4-2-8-28-19/h2-11,18H,12-13H2,1H3. The first kappa shape index (κ1) is 19.3. The first-order valence-corrected chi connectivity index (χ1v) is 10.6. The minimum Gasteiger partial charge on any atom is -0.484 e. The Hall–Kier alpha value is -3.65.